The van der Waals surface area contributed by atoms with Crippen LogP contribution in [0.2, 0.25) is 0 Å². The molecule has 1 amide bonds. The minimum atomic E-state index is -0.161. The second-order valence-corrected chi connectivity index (χ2v) is 5.21. The van der Waals surface area contributed by atoms with E-state index in [1.165, 1.54) is 0 Å². The van der Waals surface area contributed by atoms with E-state index in [0.29, 0.717) is 36.8 Å². The SMILES string of the molecule is COc1ccccc1CNC(=O)c1ccc2c(c1)OCCCO2. The molecular formula is C18H19NO4. The third-order valence-electron chi connectivity index (χ3n) is 3.64. The van der Waals surface area contributed by atoms with Gasteiger partial charge in [0.15, 0.2) is 11.5 Å². The molecule has 2 aromatic carbocycles. The van der Waals surface area contributed by atoms with Gasteiger partial charge in [0.05, 0.1) is 20.3 Å². The Bertz CT molecular complexity index is 699. The third-order valence-corrected chi connectivity index (χ3v) is 3.64. The Balaban J connectivity index is 1.70. The molecule has 120 valence electrons. The molecule has 1 N–H and O–H groups in total. The summed E-state index contributed by atoms with van der Waals surface area (Å²) in [5.74, 6) is 1.90. The average molecular weight is 313 g/mol. The minimum absolute atomic E-state index is 0.161. The van der Waals surface area contributed by atoms with E-state index in [0.717, 1.165) is 17.7 Å². The zero-order valence-electron chi connectivity index (χ0n) is 13.0. The van der Waals surface area contributed by atoms with Crippen molar-refractivity contribution in [2.75, 3.05) is 20.3 Å². The lowest BCUT2D eigenvalue weighted by Gasteiger charge is -2.11. The number of carbonyl (C=O) groups excluding carboxylic acids is 1. The van der Waals surface area contributed by atoms with Crippen molar-refractivity contribution in [3.8, 4) is 17.2 Å². The standard InChI is InChI=1S/C18H19NO4/c1-21-15-6-3-2-5-14(15)12-19-18(20)13-7-8-16-17(11-13)23-10-4-9-22-16/h2-3,5-8,11H,4,9-10,12H2,1H3,(H,19,20). The summed E-state index contributed by atoms with van der Waals surface area (Å²) in [6, 6.07) is 12.8. The normalized spacial score (nSPS) is 13.1. The predicted octanol–water partition coefficient (Wildman–Crippen LogP) is 2.79. The smallest absolute Gasteiger partial charge is 0.251 e. The molecule has 1 aliphatic heterocycles. The zero-order valence-corrected chi connectivity index (χ0v) is 13.0. The Morgan fingerprint density at radius 2 is 1.91 bits per heavy atom. The Labute approximate surface area is 135 Å². The number of amides is 1. The van der Waals surface area contributed by atoms with Gasteiger partial charge in [-0.3, -0.25) is 4.79 Å². The summed E-state index contributed by atoms with van der Waals surface area (Å²) in [6.07, 6.45) is 0.837. The molecule has 0 aliphatic carbocycles. The van der Waals surface area contributed by atoms with Gasteiger partial charge in [-0.15, -0.1) is 0 Å². The highest BCUT2D eigenvalue weighted by Crippen LogP contribution is 2.30. The first-order chi connectivity index (χ1) is 11.3. The molecule has 1 heterocycles. The van der Waals surface area contributed by atoms with E-state index in [-0.39, 0.29) is 5.91 Å². The topological polar surface area (TPSA) is 56.8 Å². The number of fused-ring (bicyclic) bond motifs is 1. The fraction of sp³-hybridized carbons (Fsp3) is 0.278. The van der Waals surface area contributed by atoms with Gasteiger partial charge in [0.1, 0.15) is 5.75 Å². The van der Waals surface area contributed by atoms with E-state index in [2.05, 4.69) is 5.32 Å². The van der Waals surface area contributed by atoms with Crippen molar-refractivity contribution in [2.24, 2.45) is 0 Å². The second-order valence-electron chi connectivity index (χ2n) is 5.21. The van der Waals surface area contributed by atoms with Gasteiger partial charge in [0, 0.05) is 24.1 Å². The number of rotatable bonds is 4. The monoisotopic (exact) mass is 313 g/mol. The molecule has 5 heteroatoms. The van der Waals surface area contributed by atoms with Crippen molar-refractivity contribution in [1.29, 1.82) is 0 Å². The molecule has 5 nitrogen and oxygen atoms in total. The molecule has 0 aromatic heterocycles. The average Bonchev–Trinajstić information content (AvgIpc) is 2.84. The van der Waals surface area contributed by atoms with Crippen LogP contribution in [0.1, 0.15) is 22.3 Å². The summed E-state index contributed by atoms with van der Waals surface area (Å²) >= 11 is 0. The highest BCUT2D eigenvalue weighted by Gasteiger charge is 2.14. The van der Waals surface area contributed by atoms with Crippen molar-refractivity contribution in [1.82, 2.24) is 5.32 Å². The van der Waals surface area contributed by atoms with Crippen LogP contribution in [0.5, 0.6) is 17.2 Å². The molecular weight excluding hydrogens is 294 g/mol. The number of hydrogen-bond acceptors (Lipinski definition) is 4. The second kappa shape index (κ2) is 7.05. The summed E-state index contributed by atoms with van der Waals surface area (Å²) < 4.78 is 16.5. The number of carbonyl (C=O) groups is 1. The number of para-hydroxylation sites is 1. The summed E-state index contributed by atoms with van der Waals surface area (Å²) in [7, 11) is 1.62. The van der Waals surface area contributed by atoms with Crippen LogP contribution in [-0.4, -0.2) is 26.2 Å². The van der Waals surface area contributed by atoms with E-state index in [9.17, 15) is 4.79 Å². The lowest BCUT2D eigenvalue weighted by Crippen LogP contribution is -2.23. The Kier molecular flexibility index (Phi) is 4.66. The summed E-state index contributed by atoms with van der Waals surface area (Å²) in [4.78, 5) is 12.3. The molecule has 2 aromatic rings. The van der Waals surface area contributed by atoms with Gasteiger partial charge in [0.2, 0.25) is 0 Å². The van der Waals surface area contributed by atoms with Crippen molar-refractivity contribution < 1.29 is 19.0 Å². The molecule has 0 spiro atoms. The Hall–Kier alpha value is -2.69. The summed E-state index contributed by atoms with van der Waals surface area (Å²) in [5.41, 5.74) is 1.47. The highest BCUT2D eigenvalue weighted by molar-refractivity contribution is 5.94. The first-order valence-electron chi connectivity index (χ1n) is 7.57. The van der Waals surface area contributed by atoms with Crippen molar-refractivity contribution in [3.05, 3.63) is 53.6 Å². The summed E-state index contributed by atoms with van der Waals surface area (Å²) in [5, 5.41) is 2.90. The van der Waals surface area contributed by atoms with Gasteiger partial charge in [0.25, 0.3) is 5.91 Å². The molecule has 0 fully saturated rings. The predicted molar refractivity (Wildman–Crippen MR) is 86.2 cm³/mol. The fourth-order valence-electron chi connectivity index (χ4n) is 2.43. The number of nitrogens with one attached hydrogen (secondary N) is 1. The van der Waals surface area contributed by atoms with Crippen LogP contribution >= 0.6 is 0 Å². The minimum Gasteiger partial charge on any atom is -0.496 e. The van der Waals surface area contributed by atoms with Gasteiger partial charge in [-0.05, 0) is 24.3 Å². The van der Waals surface area contributed by atoms with E-state index in [1.807, 2.05) is 24.3 Å². The molecule has 0 bridgehead atoms. The van der Waals surface area contributed by atoms with Gasteiger partial charge in [-0.1, -0.05) is 18.2 Å². The Morgan fingerprint density at radius 3 is 2.74 bits per heavy atom. The van der Waals surface area contributed by atoms with E-state index < -0.39 is 0 Å². The molecule has 0 radical (unpaired) electrons. The first-order valence-corrected chi connectivity index (χ1v) is 7.57. The summed E-state index contributed by atoms with van der Waals surface area (Å²) in [6.45, 7) is 1.63. The molecule has 1 aliphatic rings. The van der Waals surface area contributed by atoms with Gasteiger partial charge in [-0.2, -0.15) is 0 Å². The van der Waals surface area contributed by atoms with Crippen LogP contribution in [0.4, 0.5) is 0 Å². The van der Waals surface area contributed by atoms with Crippen LogP contribution in [0.15, 0.2) is 42.5 Å². The lowest BCUT2D eigenvalue weighted by molar-refractivity contribution is 0.0950. The maximum atomic E-state index is 12.3. The van der Waals surface area contributed by atoms with Crippen LogP contribution in [0.25, 0.3) is 0 Å². The molecule has 0 saturated heterocycles. The van der Waals surface area contributed by atoms with Crippen LogP contribution in [0.3, 0.4) is 0 Å². The van der Waals surface area contributed by atoms with Gasteiger partial charge < -0.3 is 19.5 Å². The van der Waals surface area contributed by atoms with E-state index >= 15 is 0 Å². The van der Waals surface area contributed by atoms with Crippen molar-refractivity contribution in [3.63, 3.8) is 0 Å². The highest BCUT2D eigenvalue weighted by atomic mass is 16.5. The number of hydrogen-bond donors (Lipinski definition) is 1. The van der Waals surface area contributed by atoms with E-state index in [1.54, 1.807) is 25.3 Å². The lowest BCUT2D eigenvalue weighted by atomic mass is 10.1. The largest absolute Gasteiger partial charge is 0.496 e. The van der Waals surface area contributed by atoms with Crippen molar-refractivity contribution in [2.45, 2.75) is 13.0 Å². The van der Waals surface area contributed by atoms with Gasteiger partial charge in [-0.25, -0.2) is 0 Å². The molecule has 0 saturated carbocycles. The van der Waals surface area contributed by atoms with Crippen LogP contribution in [0, 0.1) is 0 Å². The molecule has 23 heavy (non-hydrogen) atoms. The number of methoxy groups -OCH3 is 1. The Morgan fingerprint density at radius 1 is 1.13 bits per heavy atom. The molecule has 3 rings (SSSR count). The zero-order chi connectivity index (χ0) is 16.1. The molecule has 0 atom stereocenters. The number of benzene rings is 2. The maximum absolute atomic E-state index is 12.3. The third kappa shape index (κ3) is 3.56. The quantitative estimate of drug-likeness (QED) is 0.943. The fourth-order valence-corrected chi connectivity index (χ4v) is 2.43. The van der Waals surface area contributed by atoms with E-state index in [4.69, 9.17) is 14.2 Å². The molecule has 0 unspecified atom stereocenters. The van der Waals surface area contributed by atoms with Crippen molar-refractivity contribution >= 4 is 5.91 Å². The van der Waals surface area contributed by atoms with Crippen LogP contribution in [-0.2, 0) is 6.54 Å². The van der Waals surface area contributed by atoms with Gasteiger partial charge >= 0.3 is 0 Å². The maximum Gasteiger partial charge on any atom is 0.251 e. The first kappa shape index (κ1) is 15.2. The number of ether oxygens (including phenoxy) is 3. The van der Waals surface area contributed by atoms with Crippen LogP contribution < -0.4 is 19.5 Å².